The van der Waals surface area contributed by atoms with Crippen molar-refractivity contribution in [1.29, 1.82) is 0 Å². The molecule has 11 heavy (non-hydrogen) atoms. The van der Waals surface area contributed by atoms with Gasteiger partial charge in [0.05, 0.1) is 0 Å². The fourth-order valence-electron chi connectivity index (χ4n) is 1.24. The number of rotatable bonds is 2. The molecule has 0 saturated carbocycles. The van der Waals surface area contributed by atoms with Crippen molar-refractivity contribution in [2.75, 3.05) is 11.5 Å². The van der Waals surface area contributed by atoms with E-state index in [1.54, 1.807) is 0 Å². The summed E-state index contributed by atoms with van der Waals surface area (Å²) in [7, 11) is 0. The Balaban J connectivity index is 0.000001000. The molecule has 0 aromatic heterocycles. The molecule has 0 aliphatic carbocycles. The van der Waals surface area contributed by atoms with Gasteiger partial charge in [0.25, 0.3) is 0 Å². The zero-order valence-electron chi connectivity index (χ0n) is 6.62. The average molecular weight is 349 g/mol. The summed E-state index contributed by atoms with van der Waals surface area (Å²) in [6, 6.07) is 0. The molecule has 0 bridgehead atoms. The van der Waals surface area contributed by atoms with Gasteiger partial charge in [-0.15, -0.1) is 13.2 Å². The molecule has 0 aromatic rings. The third-order valence-electron chi connectivity index (χ3n) is 2.24. The second-order valence-electron chi connectivity index (χ2n) is 2.75. The van der Waals surface area contributed by atoms with Crippen molar-refractivity contribution in [2.24, 2.45) is 5.41 Å². The van der Waals surface area contributed by atoms with Crippen LogP contribution in [0.1, 0.15) is 12.8 Å². The van der Waals surface area contributed by atoms with Crippen LogP contribution in [0, 0.1) is 5.41 Å². The van der Waals surface area contributed by atoms with E-state index in [2.05, 4.69) is 25.3 Å². The molecule has 2 heteroatoms. The van der Waals surface area contributed by atoms with Crippen LogP contribution in [0.3, 0.4) is 0 Å². The maximum atomic E-state index is 3.85. The Bertz CT molecular complexity index is 126. The van der Waals surface area contributed by atoms with Gasteiger partial charge in [0.1, 0.15) is 0 Å². The van der Waals surface area contributed by atoms with E-state index in [1.165, 1.54) is 24.3 Å². The monoisotopic (exact) mass is 349 g/mol. The van der Waals surface area contributed by atoms with Gasteiger partial charge in [-0.05, 0) is 24.3 Å². The van der Waals surface area contributed by atoms with E-state index >= 15 is 0 Å². The van der Waals surface area contributed by atoms with Crippen molar-refractivity contribution in [3.8, 4) is 0 Å². The largest absolute Gasteiger partial charge is 0.162 e. The summed E-state index contributed by atoms with van der Waals surface area (Å²) in [5.41, 5.74) is 0.269. The minimum absolute atomic E-state index is 0. The molecule has 1 fully saturated rings. The van der Waals surface area contributed by atoms with Crippen molar-refractivity contribution in [1.82, 2.24) is 0 Å². The molecule has 1 aliphatic heterocycles. The van der Waals surface area contributed by atoms with Gasteiger partial charge in [0.2, 0.25) is 0 Å². The molecule has 0 atom stereocenters. The van der Waals surface area contributed by atoms with Crippen LogP contribution >= 0.6 is 11.8 Å². The van der Waals surface area contributed by atoms with E-state index in [-0.39, 0.29) is 26.5 Å². The number of allylic oxidation sites excluding steroid dienone is 2. The van der Waals surface area contributed by atoms with Crippen LogP contribution in [0.15, 0.2) is 25.3 Å². The van der Waals surface area contributed by atoms with E-state index in [9.17, 15) is 0 Å². The van der Waals surface area contributed by atoms with Crippen LogP contribution in [0.25, 0.3) is 0 Å². The Morgan fingerprint density at radius 2 is 1.55 bits per heavy atom. The first-order chi connectivity index (χ1) is 4.83. The van der Waals surface area contributed by atoms with Crippen molar-refractivity contribution in [3.05, 3.63) is 25.3 Å². The smallest absolute Gasteiger partial charge is 0.00713 e. The van der Waals surface area contributed by atoms with E-state index in [1.807, 2.05) is 11.8 Å². The van der Waals surface area contributed by atoms with E-state index in [4.69, 9.17) is 0 Å². The number of hydrogen-bond donors (Lipinski definition) is 0. The normalized spacial score (nSPS) is 21.5. The molecule has 0 aromatic carbocycles. The Labute approximate surface area is 87.8 Å². The van der Waals surface area contributed by atoms with Gasteiger partial charge < -0.3 is 0 Å². The van der Waals surface area contributed by atoms with Crippen LogP contribution < -0.4 is 0 Å². The van der Waals surface area contributed by atoms with Crippen LogP contribution in [0.5, 0.6) is 0 Å². The molecule has 1 aliphatic rings. The molecular weight excluding hydrogens is 335 g/mol. The first-order valence-corrected chi connectivity index (χ1v) is 4.83. The van der Waals surface area contributed by atoms with Gasteiger partial charge in [-0.25, -0.2) is 0 Å². The summed E-state index contributed by atoms with van der Waals surface area (Å²) in [4.78, 5) is 0. The topological polar surface area (TPSA) is 0 Å². The molecule has 0 radical (unpaired) electrons. The van der Waals surface area contributed by atoms with Crippen LogP contribution in [-0.4, -0.2) is 11.5 Å². The summed E-state index contributed by atoms with van der Waals surface area (Å²) >= 11 is 2.03. The Kier molecular flexibility index (Phi) is 5.46. The third-order valence-corrected chi connectivity index (χ3v) is 3.22. The first kappa shape index (κ1) is 11.5. The number of hydrogen-bond acceptors (Lipinski definition) is 1. The van der Waals surface area contributed by atoms with Crippen molar-refractivity contribution < 1.29 is 21.1 Å². The second kappa shape index (κ2) is 5.21. The molecule has 0 nitrogen and oxygen atoms in total. The fourth-order valence-corrected chi connectivity index (χ4v) is 2.50. The summed E-state index contributed by atoms with van der Waals surface area (Å²) in [6.45, 7) is 7.69. The summed E-state index contributed by atoms with van der Waals surface area (Å²) < 4.78 is 0. The summed E-state index contributed by atoms with van der Waals surface area (Å²) in [6.07, 6.45) is 6.56. The molecule has 66 valence electrons. The summed E-state index contributed by atoms with van der Waals surface area (Å²) in [5, 5.41) is 0. The molecule has 1 heterocycles. The molecular formula is C9H14PtS. The van der Waals surface area contributed by atoms with Gasteiger partial charge in [0.15, 0.2) is 0 Å². The molecule has 1 rings (SSSR count). The Hall–Kier alpha value is 0.518. The Morgan fingerprint density at radius 1 is 1.09 bits per heavy atom. The molecule has 0 spiro atoms. The van der Waals surface area contributed by atoms with Crippen molar-refractivity contribution >= 4 is 11.8 Å². The van der Waals surface area contributed by atoms with Crippen LogP contribution in [0.4, 0.5) is 0 Å². The molecule has 0 N–H and O–H groups in total. The van der Waals surface area contributed by atoms with Gasteiger partial charge in [0, 0.05) is 26.5 Å². The van der Waals surface area contributed by atoms with Gasteiger partial charge in [-0.3, -0.25) is 0 Å². The predicted molar refractivity (Wildman–Crippen MR) is 49.4 cm³/mol. The summed E-state index contributed by atoms with van der Waals surface area (Å²) in [5.74, 6) is 2.52. The minimum Gasteiger partial charge on any atom is -0.162 e. The Morgan fingerprint density at radius 3 is 1.82 bits per heavy atom. The van der Waals surface area contributed by atoms with Gasteiger partial charge in [-0.2, -0.15) is 11.8 Å². The van der Waals surface area contributed by atoms with E-state index < -0.39 is 0 Å². The second-order valence-corrected chi connectivity index (χ2v) is 3.98. The fraction of sp³-hybridized carbons (Fsp3) is 0.556. The van der Waals surface area contributed by atoms with Gasteiger partial charge in [-0.1, -0.05) is 12.2 Å². The van der Waals surface area contributed by atoms with Crippen molar-refractivity contribution in [2.45, 2.75) is 12.8 Å². The van der Waals surface area contributed by atoms with Crippen LogP contribution in [-0.2, 0) is 21.1 Å². The molecule has 0 unspecified atom stereocenters. The standard InChI is InChI=1S/C9H14S.Pt/c1-3-9(4-2)5-7-10-8-6-9;/h3-4H,1-2,5-8H2;. The van der Waals surface area contributed by atoms with E-state index in [0.717, 1.165) is 0 Å². The average Bonchev–Trinajstić information content (AvgIpc) is 2.06. The van der Waals surface area contributed by atoms with Crippen LogP contribution in [0.2, 0.25) is 0 Å². The zero-order chi connectivity index (χ0) is 7.45. The number of thioether (sulfide) groups is 1. The van der Waals surface area contributed by atoms with E-state index in [0.29, 0.717) is 0 Å². The SMILES string of the molecule is C=CC1(C=C)CCSCC1.[Pt]. The first-order valence-electron chi connectivity index (χ1n) is 3.68. The quantitative estimate of drug-likeness (QED) is 0.691. The third kappa shape index (κ3) is 2.80. The van der Waals surface area contributed by atoms with Gasteiger partial charge >= 0.3 is 0 Å². The molecule has 1 saturated heterocycles. The predicted octanol–water partition coefficient (Wildman–Crippen LogP) is 2.87. The zero-order valence-corrected chi connectivity index (χ0v) is 9.71. The molecule has 0 amide bonds. The maximum Gasteiger partial charge on any atom is 0.00713 e. The maximum absolute atomic E-state index is 3.85. The van der Waals surface area contributed by atoms with Crippen molar-refractivity contribution in [3.63, 3.8) is 0 Å². The minimum atomic E-state index is 0.